The number of aromatic nitrogens is 3. The van der Waals surface area contributed by atoms with E-state index < -0.39 is 0 Å². The van der Waals surface area contributed by atoms with E-state index in [1.54, 1.807) is 0 Å². The summed E-state index contributed by atoms with van der Waals surface area (Å²) in [5.41, 5.74) is 22.6. The minimum atomic E-state index is -0.358. The second-order valence-electron chi connectivity index (χ2n) is 17.5. The van der Waals surface area contributed by atoms with E-state index in [-0.39, 0.29) is 5.41 Å². The Hall–Kier alpha value is -8.79. The summed E-state index contributed by atoms with van der Waals surface area (Å²) in [4.78, 5) is 15.0. The molecule has 1 aromatic heterocycles. The molecule has 2 aliphatic rings. The second kappa shape index (κ2) is 15.7. The van der Waals surface area contributed by atoms with E-state index in [2.05, 4.69) is 212 Å². The van der Waals surface area contributed by atoms with Crippen LogP contribution in [0.2, 0.25) is 0 Å². The Kier molecular flexibility index (Phi) is 9.07. The van der Waals surface area contributed by atoms with Crippen molar-refractivity contribution >= 4 is 0 Å². The molecule has 1 spiro atoms. The summed E-state index contributed by atoms with van der Waals surface area (Å²) in [7, 11) is 0. The molecule has 0 atom stereocenters. The van der Waals surface area contributed by atoms with Crippen molar-refractivity contribution in [1.82, 2.24) is 15.0 Å². The van der Waals surface area contributed by atoms with Crippen LogP contribution < -0.4 is 0 Å². The van der Waals surface area contributed by atoms with Gasteiger partial charge in [-0.15, -0.1) is 0 Å². The van der Waals surface area contributed by atoms with Gasteiger partial charge >= 0.3 is 0 Å². The fourth-order valence-electron chi connectivity index (χ4n) is 10.7. The fourth-order valence-corrected chi connectivity index (χ4v) is 10.7. The molecule has 1 heterocycles. The maximum atomic E-state index is 5.03. The third-order valence-corrected chi connectivity index (χ3v) is 13.8. The Balaban J connectivity index is 0.816. The van der Waals surface area contributed by atoms with Crippen LogP contribution in [0.1, 0.15) is 22.3 Å². The minimum absolute atomic E-state index is 0.358. The molecule has 0 fully saturated rings. The van der Waals surface area contributed by atoms with Gasteiger partial charge in [0.15, 0.2) is 17.5 Å². The number of hydrogen-bond donors (Lipinski definition) is 0. The SMILES string of the molecule is c1ccc(-c2ccc(-c3nc(-c4ccccc4)nc(-c4ccc(-c5cccc(-c6ccc(-c7cccc8c7-c7ccccc7C87c8ccccc8-c8ccccc87)cc6)c5)cc4)n3)cc2)cc1. The average Bonchev–Trinajstić information content (AvgIpc) is 3.89. The Morgan fingerprint density at radius 2 is 0.522 bits per heavy atom. The van der Waals surface area contributed by atoms with E-state index >= 15 is 0 Å². The zero-order valence-corrected chi connectivity index (χ0v) is 36.5. The van der Waals surface area contributed by atoms with E-state index in [1.807, 2.05) is 36.4 Å². The maximum absolute atomic E-state index is 5.03. The average molecular weight is 852 g/mol. The van der Waals surface area contributed by atoms with E-state index in [0.29, 0.717) is 17.5 Å². The summed E-state index contributed by atoms with van der Waals surface area (Å²) >= 11 is 0. The molecule has 0 saturated carbocycles. The molecule has 67 heavy (non-hydrogen) atoms. The molecular weight excluding hydrogens is 811 g/mol. The number of rotatable bonds is 7. The van der Waals surface area contributed by atoms with Crippen LogP contribution in [0.15, 0.2) is 249 Å². The fraction of sp³-hybridized carbons (Fsp3) is 0.0156. The van der Waals surface area contributed by atoms with Gasteiger partial charge in [-0.3, -0.25) is 0 Å². The normalized spacial score (nSPS) is 12.6. The molecule has 0 unspecified atom stereocenters. The Morgan fingerprint density at radius 3 is 1.04 bits per heavy atom. The number of fused-ring (bicyclic) bond motifs is 10. The highest BCUT2D eigenvalue weighted by atomic mass is 15.0. The molecule has 0 saturated heterocycles. The van der Waals surface area contributed by atoms with Crippen LogP contribution in [0.4, 0.5) is 0 Å². The Bertz CT molecular complexity index is 3610. The third-order valence-electron chi connectivity index (χ3n) is 13.8. The summed E-state index contributed by atoms with van der Waals surface area (Å²) < 4.78 is 0. The van der Waals surface area contributed by atoms with Crippen LogP contribution in [0.3, 0.4) is 0 Å². The molecule has 0 bridgehead atoms. The van der Waals surface area contributed by atoms with Crippen LogP contribution in [0.5, 0.6) is 0 Å². The lowest BCUT2D eigenvalue weighted by atomic mass is 9.70. The Morgan fingerprint density at radius 1 is 0.209 bits per heavy atom. The van der Waals surface area contributed by atoms with E-state index in [1.165, 1.54) is 72.3 Å². The van der Waals surface area contributed by atoms with Crippen molar-refractivity contribution in [3.63, 3.8) is 0 Å². The van der Waals surface area contributed by atoms with Gasteiger partial charge in [-0.25, -0.2) is 15.0 Å². The van der Waals surface area contributed by atoms with E-state index in [9.17, 15) is 0 Å². The number of hydrogen-bond acceptors (Lipinski definition) is 3. The molecule has 0 radical (unpaired) electrons. The lowest BCUT2D eigenvalue weighted by molar-refractivity contribution is 0.794. The van der Waals surface area contributed by atoms with Crippen LogP contribution >= 0.6 is 0 Å². The van der Waals surface area contributed by atoms with Crippen LogP contribution in [-0.2, 0) is 5.41 Å². The topological polar surface area (TPSA) is 38.7 Å². The van der Waals surface area contributed by atoms with Crippen molar-refractivity contribution in [1.29, 1.82) is 0 Å². The first-order valence-corrected chi connectivity index (χ1v) is 22.9. The highest BCUT2D eigenvalue weighted by Gasteiger charge is 2.51. The molecular formula is C64H41N3. The quantitative estimate of drug-likeness (QED) is 0.160. The molecule has 3 heteroatoms. The predicted octanol–water partition coefficient (Wildman–Crippen LogP) is 15.9. The van der Waals surface area contributed by atoms with Crippen LogP contribution in [-0.4, -0.2) is 15.0 Å². The van der Waals surface area contributed by atoms with Crippen molar-refractivity contribution in [3.05, 3.63) is 271 Å². The van der Waals surface area contributed by atoms with Crippen molar-refractivity contribution in [2.75, 3.05) is 0 Å². The van der Waals surface area contributed by atoms with Gasteiger partial charge in [0.1, 0.15) is 0 Å². The zero-order chi connectivity index (χ0) is 44.3. The highest BCUT2D eigenvalue weighted by Crippen LogP contribution is 2.64. The van der Waals surface area contributed by atoms with Gasteiger partial charge in [0.25, 0.3) is 0 Å². The lowest BCUT2D eigenvalue weighted by Crippen LogP contribution is -2.25. The zero-order valence-electron chi connectivity index (χ0n) is 36.5. The van der Waals surface area contributed by atoms with Gasteiger partial charge in [-0.1, -0.05) is 243 Å². The minimum Gasteiger partial charge on any atom is -0.208 e. The third kappa shape index (κ3) is 6.31. The summed E-state index contributed by atoms with van der Waals surface area (Å²) in [6.45, 7) is 0. The van der Waals surface area contributed by atoms with Gasteiger partial charge < -0.3 is 0 Å². The van der Waals surface area contributed by atoms with Crippen molar-refractivity contribution in [2.24, 2.45) is 0 Å². The molecule has 0 aliphatic heterocycles. The largest absolute Gasteiger partial charge is 0.208 e. The van der Waals surface area contributed by atoms with Crippen LogP contribution in [0, 0.1) is 0 Å². The van der Waals surface area contributed by atoms with Gasteiger partial charge in [0.05, 0.1) is 5.41 Å². The number of benzene rings is 10. The molecule has 0 N–H and O–H groups in total. The summed E-state index contributed by atoms with van der Waals surface area (Å²) in [6, 6.07) is 89.4. The molecule has 13 rings (SSSR count). The van der Waals surface area contributed by atoms with Crippen LogP contribution in [0.25, 0.3) is 101 Å². The van der Waals surface area contributed by atoms with E-state index in [0.717, 1.165) is 33.4 Å². The molecule has 0 amide bonds. The maximum Gasteiger partial charge on any atom is 0.164 e. The smallest absolute Gasteiger partial charge is 0.164 e. The van der Waals surface area contributed by atoms with Crippen molar-refractivity contribution < 1.29 is 0 Å². The van der Waals surface area contributed by atoms with E-state index in [4.69, 9.17) is 15.0 Å². The summed E-state index contributed by atoms with van der Waals surface area (Å²) in [5.74, 6) is 1.92. The standard InChI is InChI=1S/C64H41N3/c1-3-15-42(16-4-1)43-31-37-48(38-32-43)62-65-61(47-17-5-2-6-18-47)66-63(67-62)49-39-33-45(34-40-49)51-20-13-19-50(41-51)44-29-35-46(36-30-44)52-24-14-28-59-60(52)55-23-9-12-27-58(55)64(59)56-25-10-7-21-53(56)54-22-8-11-26-57(54)64/h1-41H. The molecule has 312 valence electrons. The Labute approximate surface area is 390 Å². The van der Waals surface area contributed by atoms with Crippen molar-refractivity contribution in [3.8, 4) is 101 Å². The van der Waals surface area contributed by atoms with Gasteiger partial charge in [-0.05, 0) is 95.1 Å². The number of nitrogens with zero attached hydrogens (tertiary/aromatic N) is 3. The highest BCUT2D eigenvalue weighted by molar-refractivity contribution is 6.00. The first-order valence-electron chi connectivity index (χ1n) is 22.9. The van der Waals surface area contributed by atoms with Crippen molar-refractivity contribution in [2.45, 2.75) is 5.41 Å². The summed E-state index contributed by atoms with van der Waals surface area (Å²) in [5, 5.41) is 0. The molecule has 11 aromatic rings. The second-order valence-corrected chi connectivity index (χ2v) is 17.5. The monoisotopic (exact) mass is 851 g/mol. The lowest BCUT2D eigenvalue weighted by Gasteiger charge is -2.30. The first kappa shape index (κ1) is 38.6. The predicted molar refractivity (Wildman–Crippen MR) is 274 cm³/mol. The molecule has 2 aliphatic carbocycles. The molecule has 10 aromatic carbocycles. The van der Waals surface area contributed by atoms with Gasteiger partial charge in [0.2, 0.25) is 0 Å². The first-order chi connectivity index (χ1) is 33.2. The van der Waals surface area contributed by atoms with Gasteiger partial charge in [0, 0.05) is 16.7 Å². The summed E-state index contributed by atoms with van der Waals surface area (Å²) in [6.07, 6.45) is 0. The van der Waals surface area contributed by atoms with Gasteiger partial charge in [-0.2, -0.15) is 0 Å². The molecule has 3 nitrogen and oxygen atoms in total.